The molecule has 54 heavy (non-hydrogen) atoms. The van der Waals surface area contributed by atoms with Gasteiger partial charge in [0.25, 0.3) is 0 Å². The van der Waals surface area contributed by atoms with E-state index in [0.29, 0.717) is 11.6 Å². The molecule has 0 unspecified atom stereocenters. The first-order valence-electron chi connectivity index (χ1n) is 19.3. The molecule has 0 bridgehead atoms. The number of furan rings is 1. The second-order valence-corrected chi connectivity index (χ2v) is 26.9. The van der Waals surface area contributed by atoms with Crippen LogP contribution in [0, 0.1) is 37.8 Å². The van der Waals surface area contributed by atoms with Crippen molar-refractivity contribution in [1.29, 1.82) is 0 Å². The van der Waals surface area contributed by atoms with Crippen LogP contribution in [0.2, 0.25) is 17.3 Å². The molecule has 0 aliphatic heterocycles. The zero-order valence-corrected chi connectivity index (χ0v) is 37.2. The normalized spacial score (nSPS) is 13.3. The molecule has 0 saturated heterocycles. The standard InChI is InChI=1S/C28H25N2O.C20H26GeN.Ir/c1-17(2)14-20-12-13-29-24(16-20)22-11-10-18(3)25-23-15-19(4)26(21-8-6-5-7-9-21)30-28(23)31-27(22)25;1-21(2,3)19-15-22-20(17-11-5-4-6-12-17)14-18(19)13-16-9-7-8-10-16;/h5-10,12-13,15-17H,14H2,1-4H3;4-6,11,14-16H,7-10,13H2,1-3H3;/q2*-1;. The molecular weight excluding hydrogens is 899 g/mol. The molecule has 4 nitrogen and oxygen atoms in total. The Kier molecular flexibility index (Phi) is 12.7. The van der Waals surface area contributed by atoms with Gasteiger partial charge in [-0.05, 0) is 42.7 Å². The summed E-state index contributed by atoms with van der Waals surface area (Å²) in [5.74, 6) is 8.90. The molecule has 279 valence electrons. The van der Waals surface area contributed by atoms with Crippen molar-refractivity contribution in [2.24, 2.45) is 11.8 Å². The van der Waals surface area contributed by atoms with Gasteiger partial charge in [-0.15, -0.1) is 17.7 Å². The molecule has 8 rings (SSSR count). The molecule has 1 radical (unpaired) electrons. The van der Waals surface area contributed by atoms with Crippen LogP contribution >= 0.6 is 0 Å². The van der Waals surface area contributed by atoms with Gasteiger partial charge in [-0.1, -0.05) is 73.7 Å². The molecule has 1 aliphatic rings. The molecule has 0 atom stereocenters. The molecule has 7 aromatic rings. The van der Waals surface area contributed by atoms with Gasteiger partial charge in [0.15, 0.2) is 0 Å². The summed E-state index contributed by atoms with van der Waals surface area (Å²) < 4.78 is 7.96. The molecule has 4 aromatic heterocycles. The van der Waals surface area contributed by atoms with Crippen LogP contribution in [0.15, 0.2) is 102 Å². The Morgan fingerprint density at radius 3 is 2.31 bits per heavy atom. The van der Waals surface area contributed by atoms with E-state index in [4.69, 9.17) is 14.4 Å². The van der Waals surface area contributed by atoms with Crippen LogP contribution in [0.25, 0.3) is 55.8 Å². The van der Waals surface area contributed by atoms with Gasteiger partial charge in [0.05, 0.1) is 11.3 Å². The molecule has 6 heteroatoms. The van der Waals surface area contributed by atoms with Gasteiger partial charge in [-0.2, -0.15) is 0 Å². The predicted octanol–water partition coefficient (Wildman–Crippen LogP) is 12.1. The van der Waals surface area contributed by atoms with Crippen LogP contribution < -0.4 is 4.40 Å². The van der Waals surface area contributed by atoms with Crippen LogP contribution in [-0.4, -0.2) is 28.2 Å². The fourth-order valence-electron chi connectivity index (χ4n) is 7.86. The zero-order valence-electron chi connectivity index (χ0n) is 32.7. The summed E-state index contributed by atoms with van der Waals surface area (Å²) in [7, 11) is 0. The van der Waals surface area contributed by atoms with Crippen molar-refractivity contribution >= 4 is 39.7 Å². The fraction of sp³-hybridized carbons (Fsp3) is 0.312. The Balaban J connectivity index is 0.000000191. The first kappa shape index (κ1) is 39.8. The molecule has 0 spiro atoms. The summed E-state index contributed by atoms with van der Waals surface area (Å²) in [6.07, 6.45) is 12.0. The van der Waals surface area contributed by atoms with Crippen molar-refractivity contribution in [3.8, 4) is 33.8 Å². The average molecular weight is 951 g/mol. The van der Waals surface area contributed by atoms with E-state index in [-0.39, 0.29) is 20.1 Å². The average Bonchev–Trinajstić information content (AvgIpc) is 3.80. The van der Waals surface area contributed by atoms with Crippen LogP contribution in [-0.2, 0) is 32.9 Å². The quantitative estimate of drug-likeness (QED) is 0.112. The molecule has 1 aliphatic carbocycles. The number of rotatable bonds is 8. The third-order valence-corrected chi connectivity index (χ3v) is 14.8. The smallest absolute Gasteiger partial charge is 0 e. The van der Waals surface area contributed by atoms with E-state index in [1.807, 2.05) is 42.6 Å². The van der Waals surface area contributed by atoms with Gasteiger partial charge in [0.1, 0.15) is 0 Å². The van der Waals surface area contributed by atoms with Crippen LogP contribution in [0.3, 0.4) is 0 Å². The van der Waals surface area contributed by atoms with E-state index in [9.17, 15) is 0 Å². The Morgan fingerprint density at radius 2 is 1.61 bits per heavy atom. The van der Waals surface area contributed by atoms with Gasteiger partial charge in [0.2, 0.25) is 5.71 Å². The topological polar surface area (TPSA) is 51.8 Å². The van der Waals surface area contributed by atoms with Crippen molar-refractivity contribution in [2.75, 3.05) is 0 Å². The summed E-state index contributed by atoms with van der Waals surface area (Å²) in [6.45, 7) is 8.66. The molecular formula is C48H51GeIrN3O-2. The third-order valence-electron chi connectivity index (χ3n) is 10.5. The maximum Gasteiger partial charge on any atom is 0 e. The molecule has 3 aromatic carbocycles. The van der Waals surface area contributed by atoms with E-state index in [0.717, 1.165) is 73.6 Å². The SMILES string of the molecule is Cc1cc2c(nc1-c1ccccc1)oc1c(-c3cc(CC(C)C)ccn3)[c-]cc(C)c12.[CH3][Ge]([CH3])([CH3])[c]1cnc(-c2[c-]cccc2)cc1CC1CCCC1.[Ir]. The van der Waals surface area contributed by atoms with E-state index in [2.05, 4.69) is 117 Å². The summed E-state index contributed by atoms with van der Waals surface area (Å²) in [5, 5.41) is 2.13. The van der Waals surface area contributed by atoms with Crippen LogP contribution in [0.5, 0.6) is 0 Å². The molecule has 0 amide bonds. The monoisotopic (exact) mass is 952 g/mol. The second-order valence-electron chi connectivity index (χ2n) is 16.3. The third kappa shape index (κ3) is 8.97. The number of pyridine rings is 3. The minimum absolute atomic E-state index is 0. The Labute approximate surface area is 338 Å². The number of aryl methyl sites for hydroxylation is 2. The number of fused-ring (bicyclic) bond motifs is 3. The van der Waals surface area contributed by atoms with Gasteiger partial charge in [-0.3, -0.25) is 0 Å². The largest absolute Gasteiger partial charge is 0 e. The van der Waals surface area contributed by atoms with E-state index in [1.165, 1.54) is 37.7 Å². The second kappa shape index (κ2) is 17.3. The van der Waals surface area contributed by atoms with Crippen molar-refractivity contribution in [1.82, 2.24) is 15.0 Å². The van der Waals surface area contributed by atoms with Gasteiger partial charge in [-0.25, -0.2) is 4.98 Å². The fourth-order valence-corrected chi connectivity index (χ4v) is 11.2. The summed E-state index contributed by atoms with van der Waals surface area (Å²) in [5.41, 5.74) is 12.6. The number of benzene rings is 3. The first-order chi connectivity index (χ1) is 25.5. The number of nitrogens with zero attached hydrogens (tertiary/aromatic N) is 3. The van der Waals surface area contributed by atoms with Gasteiger partial charge in [0, 0.05) is 37.3 Å². The van der Waals surface area contributed by atoms with Crippen LogP contribution in [0.4, 0.5) is 0 Å². The summed E-state index contributed by atoms with van der Waals surface area (Å²) in [6, 6.07) is 36.0. The summed E-state index contributed by atoms with van der Waals surface area (Å²) in [4.78, 5) is 14.3. The number of hydrogen-bond donors (Lipinski definition) is 0. The predicted molar refractivity (Wildman–Crippen MR) is 224 cm³/mol. The molecule has 4 heterocycles. The first-order valence-corrected chi connectivity index (χ1v) is 26.6. The minimum atomic E-state index is -1.87. The van der Waals surface area contributed by atoms with E-state index < -0.39 is 13.3 Å². The summed E-state index contributed by atoms with van der Waals surface area (Å²) >= 11 is -1.87. The van der Waals surface area contributed by atoms with Crippen molar-refractivity contribution < 1.29 is 24.5 Å². The zero-order chi connectivity index (χ0) is 37.1. The molecule has 1 fully saturated rings. The Hall–Kier alpha value is -3.90. The maximum absolute atomic E-state index is 6.37. The van der Waals surface area contributed by atoms with E-state index >= 15 is 0 Å². The van der Waals surface area contributed by atoms with Gasteiger partial charge >= 0.3 is 137 Å². The Bertz CT molecular complexity index is 2340. The molecule has 0 N–H and O–H groups in total. The molecule has 1 saturated carbocycles. The van der Waals surface area contributed by atoms with Crippen LogP contribution in [0.1, 0.15) is 61.8 Å². The maximum atomic E-state index is 6.37. The van der Waals surface area contributed by atoms with Gasteiger partial charge < -0.3 is 9.40 Å². The Morgan fingerprint density at radius 1 is 0.852 bits per heavy atom. The van der Waals surface area contributed by atoms with Crippen molar-refractivity contribution in [3.63, 3.8) is 0 Å². The van der Waals surface area contributed by atoms with E-state index in [1.54, 1.807) is 9.96 Å². The van der Waals surface area contributed by atoms with Crippen molar-refractivity contribution in [2.45, 2.75) is 83.5 Å². The number of hydrogen-bond acceptors (Lipinski definition) is 4. The number of aromatic nitrogens is 3. The minimum Gasteiger partial charge on any atom is 0 e. The van der Waals surface area contributed by atoms with Crippen molar-refractivity contribution in [3.05, 3.63) is 132 Å².